The first kappa shape index (κ1) is 64.6. The number of carbonyl (C=O) groups excluding carboxylic acids is 3. The Bertz CT molecular complexity index is 1320. The third-order valence-corrected chi connectivity index (χ3v) is 12.4. The molecule has 390 valence electrons. The number of rotatable bonds is 51. The van der Waals surface area contributed by atoms with Crippen LogP contribution in [0.15, 0.2) is 85.1 Å². The molecule has 6 nitrogen and oxygen atoms in total. The molecule has 0 saturated heterocycles. The second-order valence-electron chi connectivity index (χ2n) is 19.0. The molecule has 6 heteroatoms. The molecule has 0 amide bonds. The summed E-state index contributed by atoms with van der Waals surface area (Å²) in [6.07, 6.45) is 72.8. The molecule has 0 radical (unpaired) electrons. The van der Waals surface area contributed by atoms with Crippen molar-refractivity contribution in [2.75, 3.05) is 13.2 Å². The molecule has 0 spiro atoms. The van der Waals surface area contributed by atoms with Crippen LogP contribution in [0.4, 0.5) is 0 Å². The summed E-state index contributed by atoms with van der Waals surface area (Å²) in [6.45, 7) is 6.48. The molecule has 0 bridgehead atoms. The predicted molar refractivity (Wildman–Crippen MR) is 293 cm³/mol. The number of esters is 3. The zero-order valence-corrected chi connectivity index (χ0v) is 44.6. The van der Waals surface area contributed by atoms with Crippen LogP contribution >= 0.6 is 0 Å². The predicted octanol–water partition coefficient (Wildman–Crippen LogP) is 19.2. The van der Waals surface area contributed by atoms with Gasteiger partial charge >= 0.3 is 17.9 Å². The normalized spacial score (nSPS) is 12.7. The first-order valence-electron chi connectivity index (χ1n) is 28.7. The van der Waals surface area contributed by atoms with E-state index in [0.29, 0.717) is 19.3 Å². The molecule has 0 N–H and O–H groups in total. The number of unbranched alkanes of at least 4 members (excludes halogenated alkanes) is 32. The number of hydrogen-bond donors (Lipinski definition) is 0. The summed E-state index contributed by atoms with van der Waals surface area (Å²) in [5.41, 5.74) is 0. The molecule has 0 fully saturated rings. The molecule has 0 aliphatic heterocycles. The first-order valence-corrected chi connectivity index (χ1v) is 28.7. The van der Waals surface area contributed by atoms with Crippen molar-refractivity contribution in [2.45, 2.75) is 277 Å². The largest absolute Gasteiger partial charge is 0.462 e. The Balaban J connectivity index is 4.45. The van der Waals surface area contributed by atoms with Crippen LogP contribution in [0, 0.1) is 0 Å². The van der Waals surface area contributed by atoms with Gasteiger partial charge in [-0.15, -0.1) is 0 Å². The van der Waals surface area contributed by atoms with Crippen LogP contribution in [-0.2, 0) is 28.6 Å². The third kappa shape index (κ3) is 53.5. The molecule has 0 aliphatic carbocycles. The highest BCUT2D eigenvalue weighted by Crippen LogP contribution is 2.17. The van der Waals surface area contributed by atoms with Crippen molar-refractivity contribution in [3.8, 4) is 0 Å². The fourth-order valence-electron chi connectivity index (χ4n) is 8.07. The maximum absolute atomic E-state index is 12.9. The van der Waals surface area contributed by atoms with E-state index in [1.165, 1.54) is 161 Å². The molecule has 0 saturated carbocycles. The van der Waals surface area contributed by atoms with Crippen LogP contribution in [0.3, 0.4) is 0 Å². The summed E-state index contributed by atoms with van der Waals surface area (Å²) in [7, 11) is 0. The minimum Gasteiger partial charge on any atom is -0.462 e. The lowest BCUT2D eigenvalue weighted by Gasteiger charge is -2.18. The van der Waals surface area contributed by atoms with Gasteiger partial charge < -0.3 is 14.2 Å². The molecule has 68 heavy (non-hydrogen) atoms. The quantitative estimate of drug-likeness (QED) is 0.0262. The fraction of sp³-hybridized carbons (Fsp3) is 0.726. The van der Waals surface area contributed by atoms with Gasteiger partial charge in [-0.05, 0) is 38.5 Å². The van der Waals surface area contributed by atoms with E-state index in [1.54, 1.807) is 0 Å². The summed E-state index contributed by atoms with van der Waals surface area (Å²) in [4.78, 5) is 38.1. The molecular weight excluding hydrogens is 841 g/mol. The van der Waals surface area contributed by atoms with E-state index in [9.17, 15) is 14.4 Å². The molecule has 1 unspecified atom stereocenters. The zero-order valence-electron chi connectivity index (χ0n) is 44.6. The highest BCUT2D eigenvalue weighted by atomic mass is 16.6. The maximum Gasteiger partial charge on any atom is 0.306 e. The lowest BCUT2D eigenvalue weighted by atomic mass is 10.0. The van der Waals surface area contributed by atoms with Crippen molar-refractivity contribution in [1.82, 2.24) is 0 Å². The highest BCUT2D eigenvalue weighted by molar-refractivity contribution is 5.71. The van der Waals surface area contributed by atoms with Crippen LogP contribution in [0.1, 0.15) is 271 Å². The molecular formula is C62H106O6. The second kappa shape index (κ2) is 56.2. The van der Waals surface area contributed by atoms with Gasteiger partial charge in [-0.3, -0.25) is 14.4 Å². The van der Waals surface area contributed by atoms with Gasteiger partial charge in [-0.1, -0.05) is 298 Å². The van der Waals surface area contributed by atoms with E-state index in [4.69, 9.17) is 14.2 Å². The minimum absolute atomic E-state index is 0.0880. The topological polar surface area (TPSA) is 78.9 Å². The summed E-state index contributed by atoms with van der Waals surface area (Å²) in [5.74, 6) is -0.924. The van der Waals surface area contributed by atoms with Gasteiger partial charge in [0.1, 0.15) is 13.2 Å². The summed E-state index contributed by atoms with van der Waals surface area (Å²) in [6, 6.07) is 0. The fourth-order valence-corrected chi connectivity index (χ4v) is 8.07. The number of carbonyl (C=O) groups is 3. The monoisotopic (exact) mass is 947 g/mol. The minimum atomic E-state index is -0.793. The van der Waals surface area contributed by atoms with Crippen molar-refractivity contribution in [2.24, 2.45) is 0 Å². The molecule has 0 rings (SSSR count). The van der Waals surface area contributed by atoms with Crippen LogP contribution in [0.5, 0.6) is 0 Å². The summed E-state index contributed by atoms with van der Waals surface area (Å²) < 4.78 is 16.8. The van der Waals surface area contributed by atoms with Gasteiger partial charge in [0.25, 0.3) is 0 Å². The van der Waals surface area contributed by atoms with Gasteiger partial charge in [-0.2, -0.15) is 0 Å². The lowest BCUT2D eigenvalue weighted by molar-refractivity contribution is -0.167. The van der Waals surface area contributed by atoms with Gasteiger partial charge in [0, 0.05) is 19.3 Å². The van der Waals surface area contributed by atoms with E-state index in [0.717, 1.165) is 70.6 Å². The van der Waals surface area contributed by atoms with E-state index in [-0.39, 0.29) is 31.1 Å². The Morgan fingerprint density at radius 1 is 0.309 bits per heavy atom. The van der Waals surface area contributed by atoms with Crippen molar-refractivity contribution in [1.29, 1.82) is 0 Å². The average Bonchev–Trinajstić information content (AvgIpc) is 3.34. The van der Waals surface area contributed by atoms with Gasteiger partial charge in [-0.25, -0.2) is 0 Å². The number of ether oxygens (including phenoxy) is 3. The van der Waals surface area contributed by atoms with Crippen LogP contribution in [0.25, 0.3) is 0 Å². The van der Waals surface area contributed by atoms with Crippen molar-refractivity contribution >= 4 is 17.9 Å². The molecule has 0 aromatic carbocycles. The van der Waals surface area contributed by atoms with E-state index < -0.39 is 6.10 Å². The average molecular weight is 948 g/mol. The van der Waals surface area contributed by atoms with Crippen LogP contribution < -0.4 is 0 Å². The molecule has 1 atom stereocenters. The van der Waals surface area contributed by atoms with Crippen molar-refractivity contribution in [3.05, 3.63) is 85.1 Å². The Morgan fingerprint density at radius 3 is 0.897 bits per heavy atom. The van der Waals surface area contributed by atoms with Crippen molar-refractivity contribution in [3.63, 3.8) is 0 Å². The SMILES string of the molecule is CC\C=C/C=C\C=C/C=C\C=C\C=C/C=C\CCCCCC(=O)OCC(COC(=O)CCCCCCCCCCCCCCC)OC(=O)CCCCCCCCCCCCCCCCCCCC. The Hall–Kier alpha value is -3.41. The second-order valence-corrected chi connectivity index (χ2v) is 19.0. The smallest absolute Gasteiger partial charge is 0.306 e. The zero-order chi connectivity index (χ0) is 49.3. The Labute approximate surface area is 420 Å². The van der Waals surface area contributed by atoms with Crippen molar-refractivity contribution < 1.29 is 28.6 Å². The van der Waals surface area contributed by atoms with Crippen LogP contribution in [-0.4, -0.2) is 37.2 Å². The van der Waals surface area contributed by atoms with Crippen LogP contribution in [0.2, 0.25) is 0 Å². The van der Waals surface area contributed by atoms with Gasteiger partial charge in [0.2, 0.25) is 0 Å². The lowest BCUT2D eigenvalue weighted by Crippen LogP contribution is -2.30. The number of allylic oxidation sites excluding steroid dienone is 14. The van der Waals surface area contributed by atoms with Gasteiger partial charge in [0.15, 0.2) is 6.10 Å². The molecule has 0 aromatic heterocycles. The summed E-state index contributed by atoms with van der Waals surface area (Å²) in [5, 5.41) is 0. The Kier molecular flexibility index (Phi) is 53.4. The van der Waals surface area contributed by atoms with Gasteiger partial charge in [0.05, 0.1) is 0 Å². The number of hydrogen-bond acceptors (Lipinski definition) is 6. The standard InChI is InChI=1S/C62H106O6/c1-4-7-10-13-16-19-22-25-27-29-31-33-34-37-40-43-46-49-52-55-61(64)67-58-59(57-66-60(63)54-51-48-45-42-39-36-24-21-18-15-12-9-6-3)68-62(65)56-53-50-47-44-41-38-35-32-30-28-26-23-20-17-14-11-8-5-2/h7,10,13,16,19,22,25,27,29,31,33-34,37,40,59H,4-6,8-9,11-12,14-15,17-18,20-21,23-24,26,28,30,32,35-36,38-39,41-58H2,1-3H3/b10-7-,16-13-,22-19-,27-25-,31-29+,34-33-,40-37-. The molecule has 0 aromatic rings. The molecule has 0 heterocycles. The van der Waals surface area contributed by atoms with E-state index in [1.807, 2.05) is 72.9 Å². The Morgan fingerprint density at radius 2 is 0.574 bits per heavy atom. The van der Waals surface area contributed by atoms with E-state index in [2.05, 4.69) is 32.9 Å². The first-order chi connectivity index (χ1) is 33.5. The third-order valence-electron chi connectivity index (χ3n) is 12.4. The van der Waals surface area contributed by atoms with E-state index >= 15 is 0 Å². The maximum atomic E-state index is 12.9. The molecule has 0 aliphatic rings. The summed E-state index contributed by atoms with van der Waals surface area (Å²) >= 11 is 0. The highest BCUT2D eigenvalue weighted by Gasteiger charge is 2.19.